The molecule has 0 fully saturated rings. The van der Waals surface area contributed by atoms with Crippen molar-refractivity contribution in [2.45, 2.75) is 93.4 Å². The molecular weight excluding hydrogens is 751 g/mol. The van der Waals surface area contributed by atoms with E-state index in [1.54, 1.807) is 0 Å². The Kier molecular flexibility index (Phi) is 12.8. The van der Waals surface area contributed by atoms with Gasteiger partial charge in [0.2, 0.25) is 0 Å². The Bertz CT molecular complexity index is 1970. The van der Waals surface area contributed by atoms with Crippen molar-refractivity contribution < 1.29 is 49.0 Å². The second kappa shape index (κ2) is 15.9. The van der Waals surface area contributed by atoms with Gasteiger partial charge < -0.3 is 24.8 Å². The Balaban J connectivity index is 0.000000191. The predicted molar refractivity (Wildman–Crippen MR) is 212 cm³/mol. The van der Waals surface area contributed by atoms with Crippen LogP contribution in [0.25, 0.3) is 22.3 Å². The number of rotatable bonds is 2. The number of fused-ring (bicyclic) bond motifs is 5. The third kappa shape index (κ3) is 8.44. The van der Waals surface area contributed by atoms with Gasteiger partial charge in [-0.1, -0.05) is 104 Å². The van der Waals surface area contributed by atoms with Crippen LogP contribution in [0.1, 0.15) is 121 Å². The summed E-state index contributed by atoms with van der Waals surface area (Å²) in [5.74, 6) is 0.518. The zero-order valence-electron chi connectivity index (χ0n) is 32.8. The van der Waals surface area contributed by atoms with Crippen LogP contribution < -0.4 is 24.8 Å². The summed E-state index contributed by atoms with van der Waals surface area (Å²) in [6.07, 6.45) is 12.8. The van der Waals surface area contributed by atoms with Crippen molar-refractivity contribution in [3.05, 3.63) is 165 Å². The van der Waals surface area contributed by atoms with Gasteiger partial charge in [-0.15, -0.1) is 11.6 Å². The molecule has 0 spiro atoms. The zero-order chi connectivity index (χ0) is 36.2. The van der Waals surface area contributed by atoms with E-state index in [1.165, 1.54) is 105 Å². The van der Waals surface area contributed by atoms with Gasteiger partial charge >= 0.3 is 99.2 Å². The topological polar surface area (TPSA) is 0 Å². The molecule has 0 N–H and O–H groups in total. The van der Waals surface area contributed by atoms with Crippen molar-refractivity contribution in [2.24, 2.45) is 11.3 Å². The summed E-state index contributed by atoms with van der Waals surface area (Å²) in [7, 11) is 0. The zero-order valence-corrected chi connectivity index (χ0v) is 36.7. The molecule has 1 unspecified atom stereocenters. The quantitative estimate of drug-likeness (QED) is 0.176. The maximum absolute atomic E-state index is 3.65. The first-order chi connectivity index (χ1) is 23.5. The van der Waals surface area contributed by atoms with Gasteiger partial charge in [0, 0.05) is 5.41 Å². The Morgan fingerprint density at radius 2 is 1.19 bits per heavy atom. The molecule has 268 valence electrons. The second-order valence-electron chi connectivity index (χ2n) is 16.7. The van der Waals surface area contributed by atoms with E-state index in [4.69, 9.17) is 0 Å². The van der Waals surface area contributed by atoms with Gasteiger partial charge in [-0.25, -0.2) is 11.1 Å². The molecule has 0 saturated heterocycles. The molecule has 0 nitrogen and oxygen atoms in total. The van der Waals surface area contributed by atoms with E-state index in [2.05, 4.69) is 185 Å². The molecule has 0 bridgehead atoms. The van der Waals surface area contributed by atoms with Crippen molar-refractivity contribution in [2.75, 3.05) is 0 Å². The molecule has 0 amide bonds. The molecule has 3 heteroatoms. The summed E-state index contributed by atoms with van der Waals surface area (Å²) in [6, 6.07) is 30.9. The number of allylic oxidation sites excluding steroid dienone is 8. The van der Waals surface area contributed by atoms with Gasteiger partial charge in [0.25, 0.3) is 0 Å². The van der Waals surface area contributed by atoms with Crippen molar-refractivity contribution in [1.29, 1.82) is 0 Å². The molecule has 0 radical (unpaired) electrons. The van der Waals surface area contributed by atoms with E-state index in [1.807, 2.05) is 0 Å². The first-order valence-corrected chi connectivity index (χ1v) is 19.4. The van der Waals surface area contributed by atoms with Gasteiger partial charge in [-0.2, -0.15) is 17.2 Å². The van der Waals surface area contributed by atoms with E-state index in [9.17, 15) is 0 Å². The van der Waals surface area contributed by atoms with E-state index in [0.717, 1.165) is 6.42 Å². The van der Waals surface area contributed by atoms with Gasteiger partial charge in [0.05, 0.1) is 0 Å². The minimum absolute atomic E-state index is 0. The Labute approximate surface area is 341 Å². The van der Waals surface area contributed by atoms with Crippen LogP contribution in [0, 0.1) is 23.5 Å². The summed E-state index contributed by atoms with van der Waals surface area (Å²) in [6.45, 7) is 24.8. The number of hydrogen-bond acceptors (Lipinski definition) is 0. The van der Waals surface area contributed by atoms with E-state index >= 15 is 0 Å². The fourth-order valence-corrected chi connectivity index (χ4v) is 9.12. The van der Waals surface area contributed by atoms with E-state index < -0.39 is 0 Å². The molecule has 4 aromatic rings. The molecule has 4 aliphatic rings. The van der Waals surface area contributed by atoms with Crippen LogP contribution in [0.5, 0.6) is 0 Å². The molecule has 52 heavy (non-hydrogen) atoms. The molecule has 0 heterocycles. The Morgan fingerprint density at radius 1 is 0.692 bits per heavy atom. The number of hydrogen-bond donors (Lipinski definition) is 0. The van der Waals surface area contributed by atoms with Crippen molar-refractivity contribution in [3.8, 4) is 11.1 Å². The molecule has 1 atom stereocenters. The Morgan fingerprint density at radius 3 is 1.65 bits per heavy atom. The molecule has 4 aromatic carbocycles. The van der Waals surface area contributed by atoms with Crippen LogP contribution >= 0.6 is 0 Å². The molecule has 0 aliphatic heterocycles. The second-order valence-corrected chi connectivity index (χ2v) is 17.9. The van der Waals surface area contributed by atoms with Gasteiger partial charge in [-0.05, 0) is 58.4 Å². The number of halogens is 2. The van der Waals surface area contributed by atoms with Crippen molar-refractivity contribution >= 4 is 14.4 Å². The van der Waals surface area contributed by atoms with Crippen LogP contribution in [0.4, 0.5) is 0 Å². The molecular formula is C49H52Cl2Zr-2. The molecule has 8 rings (SSSR count). The fraction of sp³-hybridized carbons (Fsp3) is 0.327. The Hall–Kier alpha value is -2.83. The van der Waals surface area contributed by atoms with Crippen LogP contribution in [0.3, 0.4) is 0 Å². The molecule has 4 aliphatic carbocycles. The fourth-order valence-electron chi connectivity index (χ4n) is 8.30. The summed E-state index contributed by atoms with van der Waals surface area (Å²) in [5, 5.41) is 0. The van der Waals surface area contributed by atoms with Crippen LogP contribution in [0.15, 0.2) is 108 Å². The summed E-state index contributed by atoms with van der Waals surface area (Å²) >= 11 is 1.46. The van der Waals surface area contributed by atoms with Crippen molar-refractivity contribution in [1.82, 2.24) is 0 Å². The standard InChI is InChI=1S/C25H25.C13H10.C11H17.2ClH.Zr/c1-14-12-24(3,4)22-8-16-7-17-9-23-19(15(2)13-25(23,5)6)11-21(17)20(16)10-18(14)22;1-3-7-12(8-4-1)11-13-9-5-2-6-10-13;1-8-6-9(2)10(7-8)11(3,4)5;;;/h8-12H,7H2,1-6H3;1-10H;7-8H,1-5H3;2*1H;/q-1;;-1;;;+2/p-2. The van der Waals surface area contributed by atoms with Gasteiger partial charge in [0.1, 0.15) is 0 Å². The first kappa shape index (κ1) is 41.9. The third-order valence-corrected chi connectivity index (χ3v) is 12.0. The average Bonchev–Trinajstić information content (AvgIpc) is 3.74. The summed E-state index contributed by atoms with van der Waals surface area (Å²) < 4.78 is 1.42. The van der Waals surface area contributed by atoms with E-state index in [0.29, 0.717) is 11.3 Å². The summed E-state index contributed by atoms with van der Waals surface area (Å²) in [4.78, 5) is 0. The van der Waals surface area contributed by atoms with Crippen molar-refractivity contribution in [3.63, 3.8) is 0 Å². The van der Waals surface area contributed by atoms with Crippen LogP contribution in [-0.4, -0.2) is 3.21 Å². The van der Waals surface area contributed by atoms with Gasteiger partial charge in [0.15, 0.2) is 0 Å². The maximum atomic E-state index is 3.65. The number of benzene rings is 4. The molecule has 0 saturated carbocycles. The third-order valence-electron chi connectivity index (χ3n) is 10.6. The normalized spacial score (nSPS) is 17.8. The van der Waals surface area contributed by atoms with Gasteiger partial charge in [-0.3, -0.25) is 12.2 Å². The summed E-state index contributed by atoms with van der Waals surface area (Å²) in [5.41, 5.74) is 20.3. The minimum atomic E-state index is 0. The molecule has 0 aromatic heterocycles. The monoisotopic (exact) mass is 800 g/mol. The average molecular weight is 803 g/mol. The SMILES string of the molecule is CC1=[C-]C(C)(C)c2cc3c(cc21)-c1cc2c(cc1C3)C(C)(C)C=C2C.CC1=[C-]C(C)C=C1C(C)(C)C.[Cl-].[Cl-].[Zr+2]=[C](c1ccccc1)c1ccccc1. The first-order valence-electron chi connectivity index (χ1n) is 18.2. The van der Waals surface area contributed by atoms with E-state index in [-0.39, 0.29) is 35.6 Å². The predicted octanol–water partition coefficient (Wildman–Crippen LogP) is 6.62. The van der Waals surface area contributed by atoms with Crippen LogP contribution in [0.2, 0.25) is 0 Å². The van der Waals surface area contributed by atoms with Crippen LogP contribution in [-0.2, 0) is 41.5 Å².